The second-order valence-corrected chi connectivity index (χ2v) is 14.6. The van der Waals surface area contributed by atoms with Crippen LogP contribution in [0.4, 0.5) is 0 Å². The molecule has 0 aliphatic heterocycles. The molecular weight excluding hydrogens is 284 g/mol. The fraction of sp³-hybridized carbons (Fsp3) is 0.625. The summed E-state index contributed by atoms with van der Waals surface area (Å²) in [5.74, 6) is 0. The van der Waals surface area contributed by atoms with Gasteiger partial charge in [-0.15, -0.1) is 0 Å². The van der Waals surface area contributed by atoms with Crippen LogP contribution in [-0.4, -0.2) is 28.2 Å². The molecular formula is C16H28O2SSi. The number of hydrogen-bond acceptors (Lipinski definition) is 2. The predicted molar refractivity (Wildman–Crippen MR) is 90.4 cm³/mol. The van der Waals surface area contributed by atoms with Crippen molar-refractivity contribution in [2.24, 2.45) is 0 Å². The lowest BCUT2D eigenvalue weighted by atomic mass is 10.0. The van der Waals surface area contributed by atoms with E-state index >= 15 is 0 Å². The van der Waals surface area contributed by atoms with E-state index in [-0.39, 0.29) is 5.25 Å². The minimum absolute atomic E-state index is 0.211. The Morgan fingerprint density at radius 3 is 2.10 bits per heavy atom. The molecule has 0 saturated carbocycles. The molecule has 0 heterocycles. The van der Waals surface area contributed by atoms with Crippen molar-refractivity contribution in [2.75, 3.05) is 0 Å². The van der Waals surface area contributed by atoms with Crippen molar-refractivity contribution in [1.29, 1.82) is 0 Å². The maximum atomic E-state index is 12.8. The number of hydrogen-bond donors (Lipinski definition) is 1. The van der Waals surface area contributed by atoms with Crippen molar-refractivity contribution >= 4 is 18.9 Å². The first-order chi connectivity index (χ1) is 9.00. The van der Waals surface area contributed by atoms with Gasteiger partial charge in [0.2, 0.25) is 0 Å². The quantitative estimate of drug-likeness (QED) is 0.807. The molecule has 1 unspecified atom stereocenters. The van der Waals surface area contributed by atoms with Gasteiger partial charge in [0.1, 0.15) is 0 Å². The van der Waals surface area contributed by atoms with Crippen molar-refractivity contribution in [3.8, 4) is 0 Å². The minimum atomic E-state index is -1.20. The lowest BCUT2D eigenvalue weighted by molar-refractivity contribution is 0.0751. The third-order valence-electron chi connectivity index (χ3n) is 3.46. The molecule has 4 heteroatoms. The van der Waals surface area contributed by atoms with Crippen LogP contribution in [0.25, 0.3) is 0 Å². The summed E-state index contributed by atoms with van der Waals surface area (Å²) >= 11 is 0. The van der Waals surface area contributed by atoms with Gasteiger partial charge in [0, 0.05) is 13.0 Å². The van der Waals surface area contributed by atoms with Crippen molar-refractivity contribution in [2.45, 2.75) is 68.6 Å². The Kier molecular flexibility index (Phi) is 5.76. The topological polar surface area (TPSA) is 37.3 Å². The predicted octanol–water partition coefficient (Wildman–Crippen LogP) is 3.97. The zero-order chi connectivity index (χ0) is 15.6. The Morgan fingerprint density at radius 1 is 1.20 bits per heavy atom. The molecule has 0 amide bonds. The third-order valence-corrected chi connectivity index (χ3v) is 7.31. The third kappa shape index (κ3) is 5.50. The van der Waals surface area contributed by atoms with Crippen LogP contribution in [-0.2, 0) is 10.8 Å². The normalized spacial score (nSPS) is 15.9. The lowest BCUT2D eigenvalue weighted by Gasteiger charge is -2.30. The summed E-state index contributed by atoms with van der Waals surface area (Å²) in [5, 5.41) is 10.2. The van der Waals surface area contributed by atoms with Gasteiger partial charge in [-0.25, -0.2) is 0 Å². The first-order valence-corrected chi connectivity index (χ1v) is 12.1. The first-order valence-electron chi connectivity index (χ1n) is 7.20. The summed E-state index contributed by atoms with van der Waals surface area (Å²) < 4.78 is 12.8. The van der Waals surface area contributed by atoms with Crippen LogP contribution in [0.2, 0.25) is 25.7 Å². The van der Waals surface area contributed by atoms with Crippen LogP contribution in [0.1, 0.15) is 25.8 Å². The van der Waals surface area contributed by atoms with E-state index in [1.807, 2.05) is 31.2 Å². The van der Waals surface area contributed by atoms with Crippen molar-refractivity contribution in [1.82, 2.24) is 0 Å². The average molecular weight is 313 g/mol. The van der Waals surface area contributed by atoms with Crippen molar-refractivity contribution in [3.05, 3.63) is 29.8 Å². The number of benzene rings is 1. The van der Waals surface area contributed by atoms with Gasteiger partial charge >= 0.3 is 0 Å². The van der Waals surface area contributed by atoms with E-state index in [1.165, 1.54) is 0 Å². The van der Waals surface area contributed by atoms with Crippen LogP contribution in [0.3, 0.4) is 0 Å². The summed E-state index contributed by atoms with van der Waals surface area (Å²) in [6.07, 6.45) is 0.819. The number of aryl methyl sites for hydroxylation is 1. The maximum Gasteiger partial charge on any atom is 0.0738 e. The van der Waals surface area contributed by atoms with Gasteiger partial charge in [-0.05, 0) is 39.3 Å². The zero-order valence-electron chi connectivity index (χ0n) is 13.6. The smallest absolute Gasteiger partial charge is 0.0738 e. The average Bonchev–Trinajstić information content (AvgIpc) is 2.26. The summed E-state index contributed by atoms with van der Waals surface area (Å²) in [4.78, 5) is 0.818. The standard InChI is InChI=1S/C16H28O2SSi/c1-13-7-9-14(10-8-13)19(18)15(16(2,3)17)11-12-20(4,5)6/h7-10,15,17H,11-12H2,1-6H3/t15-,19?/m0/s1. The Morgan fingerprint density at radius 2 is 1.70 bits per heavy atom. The molecule has 0 aliphatic rings. The van der Waals surface area contributed by atoms with E-state index in [0.29, 0.717) is 0 Å². The molecule has 0 spiro atoms. The molecule has 1 N–H and O–H groups in total. The van der Waals surface area contributed by atoms with Crippen molar-refractivity contribution in [3.63, 3.8) is 0 Å². The van der Waals surface area contributed by atoms with Gasteiger partial charge in [-0.1, -0.05) is 43.4 Å². The molecule has 0 aliphatic carbocycles. The SMILES string of the molecule is Cc1ccc(S(=O)[C@@H](CC[Si](C)(C)C)C(C)(C)O)cc1. The van der Waals surface area contributed by atoms with Crippen LogP contribution >= 0.6 is 0 Å². The fourth-order valence-electron chi connectivity index (χ4n) is 2.12. The van der Waals surface area contributed by atoms with Crippen LogP contribution in [0.5, 0.6) is 0 Å². The van der Waals surface area contributed by atoms with Gasteiger partial charge in [0.25, 0.3) is 0 Å². The second kappa shape index (κ2) is 6.54. The molecule has 0 radical (unpaired) electrons. The molecule has 2 nitrogen and oxygen atoms in total. The summed E-state index contributed by atoms with van der Waals surface area (Å²) in [5.41, 5.74) is 0.239. The molecule has 0 fully saturated rings. The second-order valence-electron chi connectivity index (χ2n) is 7.35. The Hall–Kier alpha value is -0.453. The van der Waals surface area contributed by atoms with Gasteiger partial charge < -0.3 is 5.11 Å². The largest absolute Gasteiger partial charge is 0.389 e. The highest BCUT2D eigenvalue weighted by atomic mass is 32.2. The summed E-state index contributed by atoms with van der Waals surface area (Å²) in [7, 11) is -2.36. The molecule has 114 valence electrons. The van der Waals surface area contributed by atoms with Crippen molar-refractivity contribution < 1.29 is 9.32 Å². The maximum absolute atomic E-state index is 12.8. The van der Waals surface area contributed by atoms with E-state index in [9.17, 15) is 9.32 Å². The highest BCUT2D eigenvalue weighted by molar-refractivity contribution is 7.85. The number of aliphatic hydroxyl groups is 1. The Balaban J connectivity index is 2.93. The molecule has 1 rings (SSSR count). The molecule has 0 saturated heterocycles. The van der Waals surface area contributed by atoms with E-state index in [1.54, 1.807) is 13.8 Å². The first kappa shape index (κ1) is 17.6. The van der Waals surface area contributed by atoms with Crippen LogP contribution in [0.15, 0.2) is 29.2 Å². The summed E-state index contributed by atoms with van der Waals surface area (Å²) in [6, 6.07) is 8.87. The monoisotopic (exact) mass is 312 g/mol. The van der Waals surface area contributed by atoms with Gasteiger partial charge in [0.05, 0.1) is 21.7 Å². The Labute approximate surface area is 127 Å². The molecule has 1 aromatic rings. The Bertz CT molecular complexity index is 455. The highest BCUT2D eigenvalue weighted by Gasteiger charge is 2.33. The van der Waals surface area contributed by atoms with Gasteiger partial charge in [-0.2, -0.15) is 0 Å². The molecule has 0 aromatic heterocycles. The van der Waals surface area contributed by atoms with E-state index < -0.39 is 24.5 Å². The van der Waals surface area contributed by atoms with Crippen LogP contribution < -0.4 is 0 Å². The molecule has 1 aromatic carbocycles. The van der Waals surface area contributed by atoms with Crippen LogP contribution in [0, 0.1) is 6.92 Å². The number of rotatable bonds is 6. The molecule has 2 atom stereocenters. The highest BCUT2D eigenvalue weighted by Crippen LogP contribution is 2.27. The van der Waals surface area contributed by atoms with E-state index in [0.717, 1.165) is 22.9 Å². The van der Waals surface area contributed by atoms with E-state index in [2.05, 4.69) is 19.6 Å². The fourth-order valence-corrected chi connectivity index (χ4v) is 5.08. The van der Waals surface area contributed by atoms with Gasteiger partial charge in [0.15, 0.2) is 0 Å². The molecule has 20 heavy (non-hydrogen) atoms. The molecule has 0 bridgehead atoms. The zero-order valence-corrected chi connectivity index (χ0v) is 15.4. The van der Waals surface area contributed by atoms with Gasteiger partial charge in [-0.3, -0.25) is 4.21 Å². The lowest BCUT2D eigenvalue weighted by Crippen LogP contribution is -2.40. The minimum Gasteiger partial charge on any atom is -0.389 e. The van der Waals surface area contributed by atoms with E-state index in [4.69, 9.17) is 0 Å². The summed E-state index contributed by atoms with van der Waals surface area (Å²) in [6.45, 7) is 12.5.